The Hall–Kier alpha value is -3.56. The molecular formula is C61H90Br2O7. The summed E-state index contributed by atoms with van der Waals surface area (Å²) in [5.74, 6) is 7.55. The highest BCUT2D eigenvalue weighted by Gasteiger charge is 2.16. The summed E-state index contributed by atoms with van der Waals surface area (Å²) in [4.78, 5) is 0. The first-order valence-corrected chi connectivity index (χ1v) is 29.5. The Kier molecular flexibility index (Phi) is 29.3. The zero-order valence-corrected chi connectivity index (χ0v) is 47.7. The van der Waals surface area contributed by atoms with E-state index in [9.17, 15) is 0 Å². The van der Waals surface area contributed by atoms with E-state index in [-0.39, 0.29) is 0 Å². The molecule has 4 aromatic carbocycles. The molecular weight excluding hydrogens is 1000 g/mol. The fraction of sp³-hybridized carbons (Fsp3) is 0.607. The van der Waals surface area contributed by atoms with Gasteiger partial charge in [-0.15, -0.1) is 0 Å². The van der Waals surface area contributed by atoms with Crippen LogP contribution in [0.25, 0.3) is 0 Å². The van der Waals surface area contributed by atoms with Crippen LogP contribution in [0.15, 0.2) is 72.8 Å². The SMILES string of the molecule is CCCCC(CC)COc1cc(COc2cc(COc3cc(CBr)ccc3CBr)cc(OCc3cc(OCC(CC)CCCC)cc(OCC(CC)CCCC)c3)c2)cc(OCC(CC)CCCC)c1. The number of benzene rings is 4. The molecule has 0 saturated carbocycles. The lowest BCUT2D eigenvalue weighted by molar-refractivity contribution is 0.221. The van der Waals surface area contributed by atoms with E-state index in [1.54, 1.807) is 0 Å². The number of ether oxygens (including phenoxy) is 7. The average Bonchev–Trinajstić information content (AvgIpc) is 3.39. The summed E-state index contributed by atoms with van der Waals surface area (Å²) in [7, 11) is 0. The van der Waals surface area contributed by atoms with Crippen molar-refractivity contribution in [2.75, 3.05) is 26.4 Å². The number of halogens is 2. The lowest BCUT2D eigenvalue weighted by Crippen LogP contribution is -2.13. The topological polar surface area (TPSA) is 64.6 Å². The van der Waals surface area contributed by atoms with Crippen LogP contribution in [0.3, 0.4) is 0 Å². The molecule has 0 aliphatic heterocycles. The van der Waals surface area contributed by atoms with Gasteiger partial charge < -0.3 is 33.2 Å². The van der Waals surface area contributed by atoms with E-state index in [4.69, 9.17) is 33.2 Å². The second kappa shape index (κ2) is 34.7. The van der Waals surface area contributed by atoms with Crippen LogP contribution in [0, 0.1) is 23.7 Å². The van der Waals surface area contributed by atoms with Gasteiger partial charge in [0.15, 0.2) is 0 Å². The smallest absolute Gasteiger partial charge is 0.124 e. The van der Waals surface area contributed by atoms with Crippen LogP contribution >= 0.6 is 31.9 Å². The van der Waals surface area contributed by atoms with Gasteiger partial charge in [-0.05, 0) is 114 Å². The van der Waals surface area contributed by atoms with Crippen molar-refractivity contribution >= 4 is 31.9 Å². The molecule has 0 radical (unpaired) electrons. The highest BCUT2D eigenvalue weighted by Crippen LogP contribution is 2.32. The van der Waals surface area contributed by atoms with Gasteiger partial charge in [0.05, 0.1) is 26.4 Å². The number of hydrogen-bond donors (Lipinski definition) is 0. The number of hydrogen-bond acceptors (Lipinski definition) is 7. The summed E-state index contributed by atoms with van der Waals surface area (Å²) in [5, 5.41) is 1.44. The van der Waals surface area contributed by atoms with Crippen molar-refractivity contribution in [1.82, 2.24) is 0 Å². The second-order valence-electron chi connectivity index (χ2n) is 19.4. The van der Waals surface area contributed by atoms with Gasteiger partial charge >= 0.3 is 0 Å². The molecule has 7 nitrogen and oxygen atoms in total. The predicted molar refractivity (Wildman–Crippen MR) is 299 cm³/mol. The molecule has 0 N–H and O–H groups in total. The molecule has 4 unspecified atom stereocenters. The maximum absolute atomic E-state index is 6.69. The molecule has 4 aromatic rings. The van der Waals surface area contributed by atoms with E-state index in [1.165, 1.54) is 77.0 Å². The molecule has 0 bridgehead atoms. The minimum absolute atomic E-state index is 0.326. The first-order valence-electron chi connectivity index (χ1n) is 27.2. The highest BCUT2D eigenvalue weighted by molar-refractivity contribution is 9.08. The van der Waals surface area contributed by atoms with Gasteiger partial charge in [0.25, 0.3) is 0 Å². The zero-order valence-electron chi connectivity index (χ0n) is 44.5. The summed E-state index contributed by atoms with van der Waals surface area (Å²) >= 11 is 7.28. The standard InChI is InChI=1S/C61H90Br2O7/c1-9-17-21-46(13-5)39-64-55-27-51(28-56(34-55)65-40-47(14-6)22-18-10-2)43-68-59-31-53(45-70-61-33-50(37-62)25-26-54(61)38-63)32-60(36-59)69-44-52-29-57(66-41-48(15-7)23-19-11-3)35-58(30-52)67-42-49(16-8)24-20-12-4/h25-36,46-49H,9-24,37-45H2,1-8H3. The molecule has 390 valence electrons. The Morgan fingerprint density at radius 2 is 0.657 bits per heavy atom. The van der Waals surface area contributed by atoms with Crippen molar-refractivity contribution in [2.24, 2.45) is 23.7 Å². The number of alkyl halides is 2. The Bertz CT molecular complexity index is 1840. The Morgan fingerprint density at radius 1 is 0.343 bits per heavy atom. The lowest BCUT2D eigenvalue weighted by Gasteiger charge is -2.19. The third kappa shape index (κ3) is 22.1. The van der Waals surface area contributed by atoms with E-state index in [0.29, 0.717) is 86.7 Å². The summed E-state index contributed by atoms with van der Waals surface area (Å²) in [6, 6.07) is 24.9. The minimum Gasteiger partial charge on any atom is -0.493 e. The molecule has 0 aromatic heterocycles. The zero-order chi connectivity index (χ0) is 50.4. The van der Waals surface area contributed by atoms with E-state index >= 15 is 0 Å². The Balaban J connectivity index is 1.65. The van der Waals surface area contributed by atoms with Gasteiger partial charge in [-0.3, -0.25) is 0 Å². The molecule has 0 heterocycles. The first-order chi connectivity index (χ1) is 34.2. The fourth-order valence-corrected chi connectivity index (χ4v) is 9.32. The molecule has 0 aliphatic carbocycles. The summed E-state index contributed by atoms with van der Waals surface area (Å²) in [6.07, 6.45) is 18.7. The van der Waals surface area contributed by atoms with Crippen LogP contribution in [0.1, 0.15) is 186 Å². The van der Waals surface area contributed by atoms with Crippen LogP contribution in [0.2, 0.25) is 0 Å². The van der Waals surface area contributed by atoms with Gasteiger partial charge in [0.1, 0.15) is 60.1 Å². The van der Waals surface area contributed by atoms with Crippen molar-refractivity contribution in [3.05, 3.63) is 101 Å². The average molecular weight is 1100 g/mol. The second-order valence-corrected chi connectivity index (χ2v) is 20.5. The third-order valence-electron chi connectivity index (χ3n) is 13.6. The molecule has 9 heteroatoms. The third-order valence-corrected chi connectivity index (χ3v) is 14.8. The maximum Gasteiger partial charge on any atom is 0.124 e. The van der Waals surface area contributed by atoms with Crippen LogP contribution in [-0.2, 0) is 30.5 Å². The van der Waals surface area contributed by atoms with Crippen LogP contribution in [0.4, 0.5) is 0 Å². The fourth-order valence-electron chi connectivity index (χ4n) is 8.51. The first kappa shape index (κ1) is 59.0. The van der Waals surface area contributed by atoms with Gasteiger partial charge in [0, 0.05) is 34.4 Å². The van der Waals surface area contributed by atoms with E-state index in [0.717, 1.165) is 87.6 Å². The number of rotatable bonds is 39. The molecule has 4 atom stereocenters. The van der Waals surface area contributed by atoms with E-state index in [1.807, 2.05) is 6.07 Å². The van der Waals surface area contributed by atoms with Crippen molar-refractivity contribution in [1.29, 1.82) is 0 Å². The van der Waals surface area contributed by atoms with Crippen molar-refractivity contribution in [3.63, 3.8) is 0 Å². The quantitative estimate of drug-likeness (QED) is 0.0413. The van der Waals surface area contributed by atoms with Crippen LogP contribution in [0.5, 0.6) is 40.2 Å². The Labute approximate surface area is 442 Å². The minimum atomic E-state index is 0.326. The molecule has 0 amide bonds. The predicted octanol–water partition coefficient (Wildman–Crippen LogP) is 18.6. The Morgan fingerprint density at radius 3 is 0.943 bits per heavy atom. The largest absolute Gasteiger partial charge is 0.493 e. The van der Waals surface area contributed by atoms with Crippen molar-refractivity contribution in [3.8, 4) is 40.2 Å². The van der Waals surface area contributed by atoms with Gasteiger partial charge in [-0.2, -0.15) is 0 Å². The summed E-state index contributed by atoms with van der Waals surface area (Å²) in [5.41, 5.74) is 5.15. The van der Waals surface area contributed by atoms with Crippen LogP contribution in [-0.4, -0.2) is 26.4 Å². The van der Waals surface area contributed by atoms with Crippen molar-refractivity contribution < 1.29 is 33.2 Å². The normalized spacial score (nSPS) is 13.1. The molecule has 0 spiro atoms. The monoisotopic (exact) mass is 1090 g/mol. The highest BCUT2D eigenvalue weighted by atomic mass is 79.9. The maximum atomic E-state index is 6.69. The molecule has 70 heavy (non-hydrogen) atoms. The molecule has 0 saturated heterocycles. The summed E-state index contributed by atoms with van der Waals surface area (Å²) < 4.78 is 46.0. The van der Waals surface area contributed by atoms with Gasteiger partial charge in [0.2, 0.25) is 0 Å². The molecule has 4 rings (SSSR count). The molecule has 0 fully saturated rings. The molecule has 0 aliphatic rings. The number of unbranched alkanes of at least 4 members (excludes halogenated alkanes) is 4. The summed E-state index contributed by atoms with van der Waals surface area (Å²) in [6.45, 7) is 21.8. The van der Waals surface area contributed by atoms with Gasteiger partial charge in [-0.1, -0.05) is 176 Å². The van der Waals surface area contributed by atoms with E-state index in [2.05, 4.69) is 154 Å². The van der Waals surface area contributed by atoms with Crippen LogP contribution < -0.4 is 33.2 Å². The van der Waals surface area contributed by atoms with E-state index < -0.39 is 0 Å². The van der Waals surface area contributed by atoms with Crippen molar-refractivity contribution in [2.45, 2.75) is 189 Å². The lowest BCUT2D eigenvalue weighted by atomic mass is 10.0. The van der Waals surface area contributed by atoms with Gasteiger partial charge in [-0.25, -0.2) is 0 Å².